The van der Waals surface area contributed by atoms with Gasteiger partial charge in [0.1, 0.15) is 5.82 Å². The number of fused-ring (bicyclic) bond motifs is 1. The quantitative estimate of drug-likeness (QED) is 0.142. The molecule has 1 aliphatic heterocycles. The van der Waals surface area contributed by atoms with Gasteiger partial charge in [0.2, 0.25) is 5.91 Å². The number of aromatic nitrogens is 1. The molecule has 9 heteroatoms. The number of nitro groups is 1. The first-order valence-corrected chi connectivity index (χ1v) is 13.8. The lowest BCUT2D eigenvalue weighted by Crippen LogP contribution is -2.43. The standard InChI is InChI=1S/C32H32FN3O5/c1-2-41-32(38)24-9-6-16-34(20-24)31(37)18-27(23-10-12-25(33)13-11-23)29-21-35(19-22-7-4-3-5-8-22)30-15-14-26(36(39)40)17-28(29)30/h3-5,7-8,10-15,17,21,24,27H,2,6,9,16,18-20H2,1H3/t24-,27+/m1/s1. The zero-order valence-corrected chi connectivity index (χ0v) is 22.9. The normalized spacial score (nSPS) is 16.0. The third-order valence-electron chi connectivity index (χ3n) is 7.72. The molecule has 1 fully saturated rings. The summed E-state index contributed by atoms with van der Waals surface area (Å²) in [5.74, 6) is -1.69. The SMILES string of the molecule is CCOC(=O)[C@@H]1CCCN(C(=O)C[C@@H](c2ccc(F)cc2)c2cn(Cc3ccccc3)c3ccc([N+](=O)[O-])cc23)C1. The number of nitrogens with zero attached hydrogens (tertiary/aromatic N) is 3. The predicted octanol–water partition coefficient (Wildman–Crippen LogP) is 6.06. The lowest BCUT2D eigenvalue weighted by atomic mass is 9.87. The van der Waals surface area contributed by atoms with E-state index in [9.17, 15) is 24.1 Å². The maximum absolute atomic E-state index is 13.9. The fourth-order valence-corrected chi connectivity index (χ4v) is 5.68. The minimum absolute atomic E-state index is 0.0475. The molecule has 0 unspecified atom stereocenters. The van der Waals surface area contributed by atoms with Gasteiger partial charge in [-0.1, -0.05) is 42.5 Å². The number of nitro benzene ring substituents is 1. The van der Waals surface area contributed by atoms with Gasteiger partial charge in [-0.05, 0) is 54.7 Å². The highest BCUT2D eigenvalue weighted by molar-refractivity contribution is 5.88. The van der Waals surface area contributed by atoms with Crippen LogP contribution in [0.2, 0.25) is 0 Å². The molecule has 3 aromatic carbocycles. The van der Waals surface area contributed by atoms with E-state index < -0.39 is 16.7 Å². The number of piperidine rings is 1. The molecule has 4 aromatic rings. The van der Waals surface area contributed by atoms with E-state index >= 15 is 0 Å². The molecular formula is C32H32FN3O5. The van der Waals surface area contributed by atoms with Gasteiger partial charge in [0.05, 0.1) is 17.4 Å². The number of hydrogen-bond acceptors (Lipinski definition) is 5. The average Bonchev–Trinajstić information content (AvgIpc) is 3.34. The second kappa shape index (κ2) is 12.3. The molecule has 0 spiro atoms. The number of ether oxygens (including phenoxy) is 1. The summed E-state index contributed by atoms with van der Waals surface area (Å²) >= 11 is 0. The van der Waals surface area contributed by atoms with Crippen molar-refractivity contribution in [2.75, 3.05) is 19.7 Å². The Hall–Kier alpha value is -4.53. The topological polar surface area (TPSA) is 94.7 Å². The Morgan fingerprint density at radius 3 is 2.56 bits per heavy atom. The smallest absolute Gasteiger partial charge is 0.310 e. The fraction of sp³-hybridized carbons (Fsp3) is 0.312. The number of likely N-dealkylation sites (tertiary alicyclic amines) is 1. The van der Waals surface area contributed by atoms with Crippen LogP contribution < -0.4 is 0 Å². The molecule has 212 valence electrons. The van der Waals surface area contributed by atoms with Crippen molar-refractivity contribution in [1.29, 1.82) is 0 Å². The van der Waals surface area contributed by atoms with Crippen molar-refractivity contribution in [3.8, 4) is 0 Å². The predicted molar refractivity (Wildman–Crippen MR) is 153 cm³/mol. The summed E-state index contributed by atoms with van der Waals surface area (Å²) in [6, 6.07) is 20.6. The van der Waals surface area contributed by atoms with E-state index in [0.717, 1.165) is 22.2 Å². The molecule has 5 rings (SSSR count). The minimum Gasteiger partial charge on any atom is -0.466 e. The summed E-state index contributed by atoms with van der Waals surface area (Å²) in [5.41, 5.74) is 3.28. The maximum Gasteiger partial charge on any atom is 0.310 e. The number of benzene rings is 3. The molecule has 0 N–H and O–H groups in total. The van der Waals surface area contributed by atoms with Crippen LogP contribution in [-0.4, -0.2) is 46.0 Å². The van der Waals surface area contributed by atoms with Crippen molar-refractivity contribution in [2.24, 2.45) is 5.92 Å². The van der Waals surface area contributed by atoms with Crippen LogP contribution in [0.4, 0.5) is 10.1 Å². The van der Waals surface area contributed by atoms with Crippen molar-refractivity contribution in [1.82, 2.24) is 9.47 Å². The summed E-state index contributed by atoms with van der Waals surface area (Å²) in [7, 11) is 0. The van der Waals surface area contributed by atoms with Crippen LogP contribution in [0.5, 0.6) is 0 Å². The Balaban J connectivity index is 1.55. The highest BCUT2D eigenvalue weighted by atomic mass is 19.1. The minimum atomic E-state index is -0.493. The number of rotatable bonds is 9. The zero-order valence-electron chi connectivity index (χ0n) is 22.9. The van der Waals surface area contributed by atoms with Gasteiger partial charge in [-0.2, -0.15) is 0 Å². The zero-order chi connectivity index (χ0) is 28.9. The van der Waals surface area contributed by atoms with Gasteiger partial charge in [0, 0.05) is 61.2 Å². The maximum atomic E-state index is 13.9. The van der Waals surface area contributed by atoms with E-state index in [0.29, 0.717) is 31.3 Å². The van der Waals surface area contributed by atoms with Gasteiger partial charge in [-0.15, -0.1) is 0 Å². The Morgan fingerprint density at radius 1 is 1.10 bits per heavy atom. The number of non-ortho nitro benzene ring substituents is 1. The Morgan fingerprint density at radius 2 is 1.85 bits per heavy atom. The van der Waals surface area contributed by atoms with E-state index in [-0.39, 0.29) is 43.1 Å². The van der Waals surface area contributed by atoms with E-state index in [1.54, 1.807) is 36.1 Å². The molecule has 2 atom stereocenters. The summed E-state index contributed by atoms with van der Waals surface area (Å²) in [5, 5.41) is 12.4. The van der Waals surface area contributed by atoms with Crippen molar-refractivity contribution in [3.05, 3.63) is 112 Å². The number of esters is 1. The van der Waals surface area contributed by atoms with E-state index in [2.05, 4.69) is 0 Å². The molecular weight excluding hydrogens is 525 g/mol. The first-order valence-electron chi connectivity index (χ1n) is 13.8. The largest absolute Gasteiger partial charge is 0.466 e. The summed E-state index contributed by atoms with van der Waals surface area (Å²) in [6.07, 6.45) is 3.37. The van der Waals surface area contributed by atoms with Gasteiger partial charge in [-0.25, -0.2) is 4.39 Å². The van der Waals surface area contributed by atoms with Gasteiger partial charge in [0.25, 0.3) is 5.69 Å². The van der Waals surface area contributed by atoms with Gasteiger partial charge in [0.15, 0.2) is 0 Å². The molecule has 1 aliphatic rings. The first-order chi connectivity index (χ1) is 19.8. The van der Waals surface area contributed by atoms with Crippen LogP contribution in [0.15, 0.2) is 79.0 Å². The fourth-order valence-electron chi connectivity index (χ4n) is 5.68. The Bertz CT molecular complexity index is 1550. The molecule has 0 radical (unpaired) electrons. The number of halogens is 1. The molecule has 0 saturated carbocycles. The third kappa shape index (κ3) is 6.29. The summed E-state index contributed by atoms with van der Waals surface area (Å²) in [4.78, 5) is 39.1. The highest BCUT2D eigenvalue weighted by Gasteiger charge is 2.32. The molecule has 41 heavy (non-hydrogen) atoms. The van der Waals surface area contributed by atoms with Gasteiger partial charge >= 0.3 is 5.97 Å². The number of carbonyl (C=O) groups excluding carboxylic acids is 2. The van der Waals surface area contributed by atoms with Crippen LogP contribution in [-0.2, 0) is 20.9 Å². The monoisotopic (exact) mass is 557 g/mol. The molecule has 0 aliphatic carbocycles. The molecule has 0 bridgehead atoms. The second-order valence-electron chi connectivity index (χ2n) is 10.4. The number of carbonyl (C=O) groups is 2. The van der Waals surface area contributed by atoms with Crippen LogP contribution in [0.25, 0.3) is 10.9 Å². The van der Waals surface area contributed by atoms with E-state index in [4.69, 9.17) is 4.74 Å². The van der Waals surface area contributed by atoms with Crippen LogP contribution in [0.3, 0.4) is 0 Å². The van der Waals surface area contributed by atoms with Gasteiger partial charge in [-0.3, -0.25) is 19.7 Å². The molecule has 1 aromatic heterocycles. The number of hydrogen-bond donors (Lipinski definition) is 0. The van der Waals surface area contributed by atoms with Crippen LogP contribution in [0.1, 0.15) is 48.8 Å². The van der Waals surface area contributed by atoms with Crippen LogP contribution in [0, 0.1) is 21.8 Å². The summed E-state index contributed by atoms with van der Waals surface area (Å²) in [6.45, 7) is 3.40. The first kappa shape index (κ1) is 28.0. The number of amides is 1. The highest BCUT2D eigenvalue weighted by Crippen LogP contribution is 2.37. The Labute approximate surface area is 237 Å². The summed E-state index contributed by atoms with van der Waals surface area (Å²) < 4.78 is 21.2. The van der Waals surface area contributed by atoms with E-state index in [1.165, 1.54) is 18.2 Å². The van der Waals surface area contributed by atoms with Crippen molar-refractivity contribution >= 4 is 28.5 Å². The lowest BCUT2D eigenvalue weighted by molar-refractivity contribution is -0.384. The Kier molecular flexibility index (Phi) is 8.42. The van der Waals surface area contributed by atoms with Crippen molar-refractivity contribution in [2.45, 2.75) is 38.6 Å². The third-order valence-corrected chi connectivity index (χ3v) is 7.72. The molecule has 8 nitrogen and oxygen atoms in total. The average molecular weight is 558 g/mol. The van der Waals surface area contributed by atoms with Gasteiger partial charge < -0.3 is 14.2 Å². The second-order valence-corrected chi connectivity index (χ2v) is 10.4. The molecule has 1 saturated heterocycles. The van der Waals surface area contributed by atoms with E-state index in [1.807, 2.05) is 41.1 Å². The van der Waals surface area contributed by atoms with Crippen molar-refractivity contribution in [3.63, 3.8) is 0 Å². The molecule has 1 amide bonds. The lowest BCUT2D eigenvalue weighted by Gasteiger charge is -2.32. The van der Waals surface area contributed by atoms with Crippen LogP contribution >= 0.6 is 0 Å². The molecule has 2 heterocycles. The van der Waals surface area contributed by atoms with Crippen molar-refractivity contribution < 1.29 is 23.6 Å².